The second-order valence-corrected chi connectivity index (χ2v) is 9.14. The predicted octanol–water partition coefficient (Wildman–Crippen LogP) is 5.91. The summed E-state index contributed by atoms with van der Waals surface area (Å²) in [5, 5.41) is 0. The molecule has 2 aliphatic rings. The van der Waals surface area contributed by atoms with Crippen LogP contribution < -0.4 is 0 Å². The van der Waals surface area contributed by atoms with Crippen molar-refractivity contribution < 1.29 is 14.3 Å². The molecule has 4 nitrogen and oxygen atoms in total. The molecule has 1 amide bonds. The van der Waals surface area contributed by atoms with Crippen LogP contribution in [0.2, 0.25) is 0 Å². The van der Waals surface area contributed by atoms with E-state index in [4.69, 9.17) is 4.74 Å². The lowest BCUT2D eigenvalue weighted by Gasteiger charge is -2.39. The van der Waals surface area contributed by atoms with Gasteiger partial charge in [0.1, 0.15) is 5.78 Å². The monoisotopic (exact) mass is 433 g/mol. The molecule has 4 rings (SSSR count). The molecule has 1 aliphatic heterocycles. The minimum absolute atomic E-state index is 0.0354. The Kier molecular flexibility index (Phi) is 7.29. The zero-order valence-electron chi connectivity index (χ0n) is 19.4. The van der Waals surface area contributed by atoms with Crippen LogP contribution in [0.1, 0.15) is 74.1 Å². The summed E-state index contributed by atoms with van der Waals surface area (Å²) in [7, 11) is 0. The van der Waals surface area contributed by atoms with Gasteiger partial charge in [0.2, 0.25) is 0 Å². The number of nitrogens with zero attached hydrogens (tertiary/aromatic N) is 1. The van der Waals surface area contributed by atoms with Gasteiger partial charge in [-0.1, -0.05) is 68.3 Å². The summed E-state index contributed by atoms with van der Waals surface area (Å²) in [6.45, 7) is 4.99. The summed E-state index contributed by atoms with van der Waals surface area (Å²) in [5.74, 6) is 0.0689. The lowest BCUT2D eigenvalue weighted by molar-refractivity contribution is -0.125. The second-order valence-electron chi connectivity index (χ2n) is 9.14. The van der Waals surface area contributed by atoms with Crippen LogP contribution in [0.5, 0.6) is 0 Å². The number of amides is 1. The van der Waals surface area contributed by atoms with Crippen LogP contribution in [0.15, 0.2) is 48.5 Å². The quantitative estimate of drug-likeness (QED) is 0.569. The van der Waals surface area contributed by atoms with Crippen molar-refractivity contribution in [3.8, 4) is 0 Å². The molecule has 0 bridgehead atoms. The van der Waals surface area contributed by atoms with Crippen molar-refractivity contribution in [1.82, 2.24) is 4.90 Å². The molecule has 0 radical (unpaired) electrons. The maximum Gasteiger partial charge on any atom is 0.409 e. The van der Waals surface area contributed by atoms with Crippen LogP contribution >= 0.6 is 0 Å². The molecule has 1 heterocycles. The molecular weight excluding hydrogens is 398 g/mol. The number of fused-ring (bicyclic) bond motifs is 2. The normalized spacial score (nSPS) is 20.8. The van der Waals surface area contributed by atoms with Gasteiger partial charge < -0.3 is 9.64 Å². The third kappa shape index (κ3) is 4.60. The van der Waals surface area contributed by atoms with Crippen LogP contribution in [-0.4, -0.2) is 36.0 Å². The van der Waals surface area contributed by atoms with E-state index in [0.717, 1.165) is 38.5 Å². The first-order valence-corrected chi connectivity index (χ1v) is 12.3. The van der Waals surface area contributed by atoms with E-state index in [0.29, 0.717) is 25.4 Å². The minimum Gasteiger partial charge on any atom is -0.450 e. The standard InChI is InChI=1S/C28H35NO3/c1-3-5-12-23-19-22(17-18-29(23)28(31)32-4-2)27(30)26-24-13-8-6-10-20(24)15-16-21-11-7-9-14-25(21)26/h6-11,13-14,22-23,26H,3-5,12,15-19H2,1-2H3. The zero-order valence-corrected chi connectivity index (χ0v) is 19.4. The predicted molar refractivity (Wildman–Crippen MR) is 127 cm³/mol. The molecule has 1 saturated heterocycles. The number of aryl methyl sites for hydroxylation is 2. The van der Waals surface area contributed by atoms with Gasteiger partial charge in [-0.05, 0) is 61.3 Å². The Morgan fingerprint density at radius 2 is 1.59 bits per heavy atom. The molecule has 0 aromatic heterocycles. The first-order chi connectivity index (χ1) is 15.6. The minimum atomic E-state index is -0.232. The Morgan fingerprint density at radius 1 is 0.969 bits per heavy atom. The number of rotatable bonds is 6. The van der Waals surface area contributed by atoms with Crippen molar-refractivity contribution in [1.29, 1.82) is 0 Å². The van der Waals surface area contributed by atoms with Crippen molar-refractivity contribution in [2.75, 3.05) is 13.2 Å². The topological polar surface area (TPSA) is 46.6 Å². The van der Waals surface area contributed by atoms with Gasteiger partial charge in [0.05, 0.1) is 12.5 Å². The third-order valence-corrected chi connectivity index (χ3v) is 7.19. The number of carbonyl (C=O) groups excluding carboxylic acids is 2. The Balaban J connectivity index is 1.63. The maximum absolute atomic E-state index is 14.1. The first-order valence-electron chi connectivity index (χ1n) is 12.3. The number of ether oxygens (including phenoxy) is 1. The number of Topliss-reactive ketones (excluding diaryl/α,β-unsaturated/α-hetero) is 1. The summed E-state index contributed by atoms with van der Waals surface area (Å²) >= 11 is 0. The van der Waals surface area contributed by atoms with Crippen LogP contribution in [-0.2, 0) is 22.4 Å². The number of carbonyl (C=O) groups is 2. The highest BCUT2D eigenvalue weighted by Crippen LogP contribution is 2.39. The van der Waals surface area contributed by atoms with Crippen molar-refractivity contribution in [3.05, 3.63) is 70.8 Å². The molecule has 2 atom stereocenters. The van der Waals surface area contributed by atoms with Gasteiger partial charge in [0.15, 0.2) is 0 Å². The van der Waals surface area contributed by atoms with Crippen molar-refractivity contribution >= 4 is 11.9 Å². The Hall–Kier alpha value is -2.62. The largest absolute Gasteiger partial charge is 0.450 e. The van der Waals surface area contributed by atoms with Crippen molar-refractivity contribution in [2.45, 2.75) is 70.8 Å². The second kappa shape index (κ2) is 10.3. The van der Waals surface area contributed by atoms with Gasteiger partial charge in [-0.15, -0.1) is 0 Å². The molecule has 0 spiro atoms. The number of hydrogen-bond acceptors (Lipinski definition) is 3. The summed E-state index contributed by atoms with van der Waals surface area (Å²) in [6, 6.07) is 17.0. The maximum atomic E-state index is 14.1. The van der Waals surface area contributed by atoms with E-state index in [2.05, 4.69) is 55.5 Å². The van der Waals surface area contributed by atoms with E-state index in [1.807, 2.05) is 11.8 Å². The molecule has 2 unspecified atom stereocenters. The molecular formula is C28H35NO3. The van der Waals surface area contributed by atoms with Crippen LogP contribution in [0.3, 0.4) is 0 Å². The van der Waals surface area contributed by atoms with Crippen molar-refractivity contribution in [2.24, 2.45) is 5.92 Å². The smallest absolute Gasteiger partial charge is 0.409 e. The molecule has 32 heavy (non-hydrogen) atoms. The molecule has 1 aliphatic carbocycles. The van der Waals surface area contributed by atoms with E-state index >= 15 is 0 Å². The van der Waals surface area contributed by atoms with Crippen LogP contribution in [0.4, 0.5) is 4.79 Å². The fourth-order valence-corrected chi connectivity index (χ4v) is 5.54. The lowest BCUT2D eigenvalue weighted by Crippen LogP contribution is -2.48. The molecule has 170 valence electrons. The van der Waals surface area contributed by atoms with E-state index in [-0.39, 0.29) is 24.0 Å². The Bertz CT molecular complexity index is 906. The highest BCUT2D eigenvalue weighted by Gasteiger charge is 2.39. The number of piperidine rings is 1. The summed E-state index contributed by atoms with van der Waals surface area (Å²) < 4.78 is 5.32. The first kappa shape index (κ1) is 22.6. The highest BCUT2D eigenvalue weighted by atomic mass is 16.6. The van der Waals surface area contributed by atoms with Gasteiger partial charge in [-0.3, -0.25) is 4.79 Å². The SMILES string of the molecule is CCCCC1CC(C(=O)C2c3ccccc3CCc3ccccc32)CCN1C(=O)OCC. The molecule has 0 saturated carbocycles. The van der Waals surface area contributed by atoms with E-state index < -0.39 is 0 Å². The number of ketones is 1. The average Bonchev–Trinajstić information content (AvgIpc) is 2.99. The Morgan fingerprint density at radius 3 is 2.19 bits per heavy atom. The molecule has 1 fully saturated rings. The van der Waals surface area contributed by atoms with Crippen molar-refractivity contribution in [3.63, 3.8) is 0 Å². The van der Waals surface area contributed by atoms with E-state index in [1.54, 1.807) is 0 Å². The highest BCUT2D eigenvalue weighted by molar-refractivity contribution is 5.92. The van der Waals surface area contributed by atoms with Gasteiger partial charge in [-0.25, -0.2) is 4.79 Å². The number of unbranched alkanes of at least 4 members (excludes halogenated alkanes) is 1. The van der Waals surface area contributed by atoms with Gasteiger partial charge >= 0.3 is 6.09 Å². The number of likely N-dealkylation sites (tertiary alicyclic amines) is 1. The lowest BCUT2D eigenvalue weighted by atomic mass is 9.76. The van der Waals surface area contributed by atoms with Crippen LogP contribution in [0, 0.1) is 5.92 Å². The number of benzene rings is 2. The fraction of sp³-hybridized carbons (Fsp3) is 0.500. The summed E-state index contributed by atoms with van der Waals surface area (Å²) in [4.78, 5) is 28.5. The molecule has 4 heteroatoms. The summed E-state index contributed by atoms with van der Waals surface area (Å²) in [5.41, 5.74) is 4.91. The van der Waals surface area contributed by atoms with Gasteiger partial charge in [0, 0.05) is 18.5 Å². The third-order valence-electron chi connectivity index (χ3n) is 7.19. The molecule has 2 aromatic rings. The van der Waals surface area contributed by atoms with E-state index in [1.165, 1.54) is 22.3 Å². The molecule has 2 aromatic carbocycles. The molecule has 0 N–H and O–H groups in total. The van der Waals surface area contributed by atoms with E-state index in [9.17, 15) is 9.59 Å². The van der Waals surface area contributed by atoms with Gasteiger partial charge in [0.25, 0.3) is 0 Å². The van der Waals surface area contributed by atoms with Gasteiger partial charge in [-0.2, -0.15) is 0 Å². The fourth-order valence-electron chi connectivity index (χ4n) is 5.54. The number of hydrogen-bond donors (Lipinski definition) is 0. The van der Waals surface area contributed by atoms with Crippen LogP contribution in [0.25, 0.3) is 0 Å². The Labute approximate surface area is 192 Å². The average molecular weight is 434 g/mol. The summed E-state index contributed by atoms with van der Waals surface area (Å²) in [6.07, 6.45) is 6.21. The zero-order chi connectivity index (χ0) is 22.5.